The Balaban J connectivity index is 2.13. The SMILES string of the molecule is CC(C)(C)N1C(=O)CNc2cc(Cl)c(C3CC3)cc21. The minimum atomic E-state index is -0.220. The molecule has 0 atom stereocenters. The van der Waals surface area contributed by atoms with Gasteiger partial charge in [0.25, 0.3) is 0 Å². The third kappa shape index (κ3) is 2.20. The van der Waals surface area contributed by atoms with Crippen molar-refractivity contribution >= 4 is 28.9 Å². The van der Waals surface area contributed by atoms with Crippen molar-refractivity contribution in [3.8, 4) is 0 Å². The van der Waals surface area contributed by atoms with Crippen LogP contribution in [0.25, 0.3) is 0 Å². The Bertz CT molecular complexity index is 544. The van der Waals surface area contributed by atoms with Crippen LogP contribution in [0, 0.1) is 0 Å². The number of halogens is 1. The van der Waals surface area contributed by atoms with Gasteiger partial charge in [-0.25, -0.2) is 0 Å². The first-order valence-electron chi connectivity index (χ1n) is 6.78. The molecule has 0 saturated heterocycles. The highest BCUT2D eigenvalue weighted by atomic mass is 35.5. The number of hydrogen-bond donors (Lipinski definition) is 1. The molecule has 1 N–H and O–H groups in total. The summed E-state index contributed by atoms with van der Waals surface area (Å²) in [5.74, 6) is 0.695. The molecule has 3 rings (SSSR count). The van der Waals surface area contributed by atoms with Crippen molar-refractivity contribution < 1.29 is 4.79 Å². The Kier molecular flexibility index (Phi) is 2.79. The number of fused-ring (bicyclic) bond motifs is 1. The molecular formula is C15H19ClN2O. The summed E-state index contributed by atoms with van der Waals surface area (Å²) in [7, 11) is 0. The Morgan fingerprint density at radius 1 is 1.32 bits per heavy atom. The first kappa shape index (κ1) is 12.8. The lowest BCUT2D eigenvalue weighted by molar-refractivity contribution is -0.118. The Hall–Kier alpha value is -1.22. The number of rotatable bonds is 1. The van der Waals surface area contributed by atoms with E-state index in [1.807, 2.05) is 11.0 Å². The highest BCUT2D eigenvalue weighted by Gasteiger charge is 2.35. The Labute approximate surface area is 118 Å². The molecule has 102 valence electrons. The molecule has 1 aromatic rings. The van der Waals surface area contributed by atoms with E-state index in [1.54, 1.807) is 0 Å². The molecule has 0 spiro atoms. The van der Waals surface area contributed by atoms with Crippen molar-refractivity contribution in [2.24, 2.45) is 0 Å². The zero-order chi connectivity index (χ0) is 13.8. The van der Waals surface area contributed by atoms with E-state index < -0.39 is 0 Å². The maximum atomic E-state index is 12.2. The van der Waals surface area contributed by atoms with Crippen LogP contribution in [0.15, 0.2) is 12.1 Å². The molecule has 1 heterocycles. The van der Waals surface area contributed by atoms with E-state index in [4.69, 9.17) is 11.6 Å². The highest BCUT2D eigenvalue weighted by molar-refractivity contribution is 6.32. The van der Waals surface area contributed by atoms with Gasteiger partial charge in [0, 0.05) is 10.6 Å². The van der Waals surface area contributed by atoms with Crippen molar-refractivity contribution in [1.29, 1.82) is 0 Å². The molecule has 4 heteroatoms. The molecule has 0 aromatic heterocycles. The number of nitrogens with zero attached hydrogens (tertiary/aromatic N) is 1. The zero-order valence-corrected chi connectivity index (χ0v) is 12.3. The molecule has 1 fully saturated rings. The molecule has 1 amide bonds. The van der Waals surface area contributed by atoms with E-state index in [0.717, 1.165) is 16.4 Å². The van der Waals surface area contributed by atoms with Gasteiger partial charge < -0.3 is 10.2 Å². The third-order valence-electron chi connectivity index (χ3n) is 3.72. The molecule has 1 aliphatic carbocycles. The number of carbonyl (C=O) groups excluding carboxylic acids is 1. The number of carbonyl (C=O) groups is 1. The summed E-state index contributed by atoms with van der Waals surface area (Å²) in [6, 6.07) is 4.07. The zero-order valence-electron chi connectivity index (χ0n) is 11.6. The summed E-state index contributed by atoms with van der Waals surface area (Å²) in [4.78, 5) is 14.1. The fourth-order valence-electron chi connectivity index (χ4n) is 2.73. The number of benzene rings is 1. The minimum absolute atomic E-state index is 0.115. The van der Waals surface area contributed by atoms with E-state index in [9.17, 15) is 4.79 Å². The molecule has 2 aliphatic rings. The Morgan fingerprint density at radius 2 is 2.00 bits per heavy atom. The van der Waals surface area contributed by atoms with Gasteiger partial charge in [-0.05, 0) is 57.2 Å². The van der Waals surface area contributed by atoms with Gasteiger partial charge in [-0.1, -0.05) is 11.6 Å². The van der Waals surface area contributed by atoms with E-state index in [1.165, 1.54) is 18.4 Å². The second-order valence-corrected chi connectivity index (χ2v) is 6.83. The van der Waals surface area contributed by atoms with E-state index in [-0.39, 0.29) is 11.4 Å². The van der Waals surface area contributed by atoms with Crippen molar-refractivity contribution in [1.82, 2.24) is 0 Å². The summed E-state index contributed by atoms with van der Waals surface area (Å²) >= 11 is 6.35. The van der Waals surface area contributed by atoms with Crippen LogP contribution in [0.2, 0.25) is 5.02 Å². The van der Waals surface area contributed by atoms with E-state index in [2.05, 4.69) is 32.2 Å². The van der Waals surface area contributed by atoms with Gasteiger partial charge in [0.1, 0.15) is 0 Å². The molecule has 1 saturated carbocycles. The lowest BCUT2D eigenvalue weighted by atomic mass is 9.99. The number of amides is 1. The lowest BCUT2D eigenvalue weighted by Gasteiger charge is -2.40. The van der Waals surface area contributed by atoms with Crippen LogP contribution in [-0.4, -0.2) is 18.0 Å². The minimum Gasteiger partial charge on any atom is -0.374 e. The lowest BCUT2D eigenvalue weighted by Crippen LogP contribution is -2.50. The van der Waals surface area contributed by atoms with Crippen LogP contribution in [0.3, 0.4) is 0 Å². The summed E-state index contributed by atoms with van der Waals surface area (Å²) in [6.07, 6.45) is 2.41. The van der Waals surface area contributed by atoms with Gasteiger partial charge in [-0.3, -0.25) is 4.79 Å². The molecule has 1 aliphatic heterocycles. The van der Waals surface area contributed by atoms with Gasteiger partial charge >= 0.3 is 0 Å². The summed E-state index contributed by atoms with van der Waals surface area (Å²) in [5.41, 5.74) is 2.90. The number of nitrogens with one attached hydrogen (secondary N) is 1. The second kappa shape index (κ2) is 4.14. The average Bonchev–Trinajstić information content (AvgIpc) is 3.10. The van der Waals surface area contributed by atoms with Crippen LogP contribution in [0.1, 0.15) is 45.1 Å². The Morgan fingerprint density at radius 3 is 2.58 bits per heavy atom. The molecule has 3 nitrogen and oxygen atoms in total. The summed E-state index contributed by atoms with van der Waals surface area (Å²) in [6.45, 7) is 6.52. The van der Waals surface area contributed by atoms with Crippen LogP contribution in [0.5, 0.6) is 0 Å². The number of hydrogen-bond acceptors (Lipinski definition) is 2. The van der Waals surface area contributed by atoms with Gasteiger partial charge in [0.2, 0.25) is 5.91 Å². The summed E-state index contributed by atoms with van der Waals surface area (Å²) < 4.78 is 0. The molecule has 0 unspecified atom stereocenters. The van der Waals surface area contributed by atoms with Gasteiger partial charge in [0.05, 0.1) is 17.9 Å². The maximum Gasteiger partial charge on any atom is 0.246 e. The molecular weight excluding hydrogens is 260 g/mol. The van der Waals surface area contributed by atoms with E-state index in [0.29, 0.717) is 12.5 Å². The standard InChI is InChI=1S/C15H19ClN2O/c1-15(2,3)18-13-6-10(9-4-5-9)11(16)7-12(13)17-8-14(18)19/h6-7,9,17H,4-5,8H2,1-3H3. The average molecular weight is 279 g/mol. The van der Waals surface area contributed by atoms with Crippen molar-refractivity contribution in [3.05, 3.63) is 22.7 Å². The van der Waals surface area contributed by atoms with Crippen LogP contribution in [-0.2, 0) is 4.79 Å². The summed E-state index contributed by atoms with van der Waals surface area (Å²) in [5, 5.41) is 3.98. The van der Waals surface area contributed by atoms with Gasteiger partial charge in [-0.15, -0.1) is 0 Å². The van der Waals surface area contributed by atoms with Crippen LogP contribution < -0.4 is 10.2 Å². The predicted molar refractivity (Wildman–Crippen MR) is 79.2 cm³/mol. The largest absolute Gasteiger partial charge is 0.374 e. The van der Waals surface area contributed by atoms with Crippen LogP contribution >= 0.6 is 11.6 Å². The first-order chi connectivity index (χ1) is 8.88. The third-order valence-corrected chi connectivity index (χ3v) is 4.05. The second-order valence-electron chi connectivity index (χ2n) is 6.42. The number of anilines is 2. The van der Waals surface area contributed by atoms with Crippen molar-refractivity contribution in [3.63, 3.8) is 0 Å². The van der Waals surface area contributed by atoms with E-state index >= 15 is 0 Å². The smallest absolute Gasteiger partial charge is 0.246 e. The molecule has 1 aromatic carbocycles. The molecule has 19 heavy (non-hydrogen) atoms. The maximum absolute atomic E-state index is 12.2. The predicted octanol–water partition coefficient (Wildman–Crippen LogP) is 3.77. The highest BCUT2D eigenvalue weighted by Crippen LogP contribution is 2.47. The van der Waals surface area contributed by atoms with Crippen LogP contribution in [0.4, 0.5) is 11.4 Å². The quantitative estimate of drug-likeness (QED) is 0.848. The van der Waals surface area contributed by atoms with Gasteiger partial charge in [0.15, 0.2) is 0 Å². The van der Waals surface area contributed by atoms with Crippen molar-refractivity contribution in [2.45, 2.75) is 45.1 Å². The van der Waals surface area contributed by atoms with Gasteiger partial charge in [-0.2, -0.15) is 0 Å². The fourth-order valence-corrected chi connectivity index (χ4v) is 3.05. The fraction of sp³-hybridized carbons (Fsp3) is 0.533. The molecule has 0 bridgehead atoms. The topological polar surface area (TPSA) is 32.3 Å². The monoisotopic (exact) mass is 278 g/mol. The normalized spacial score (nSPS) is 19.2. The van der Waals surface area contributed by atoms with Crippen molar-refractivity contribution in [2.75, 3.05) is 16.8 Å². The molecule has 0 radical (unpaired) electrons. The first-order valence-corrected chi connectivity index (χ1v) is 7.16.